The van der Waals surface area contributed by atoms with Gasteiger partial charge in [-0.1, -0.05) is 26.0 Å². The standard InChI is InChI=1S/C20H26N4O2S/c1-12(2)18-17(22-14(4)27-18)20(25)21-13(3)19-23-15-8-6-7-9-16(15)24(19)10-11-26-5/h6-9,12-13H,10-11H2,1-5H3,(H,21,25)/t13-/m1/s1. The zero-order valence-corrected chi connectivity index (χ0v) is 17.3. The number of nitrogens with zero attached hydrogens (tertiary/aromatic N) is 3. The van der Waals surface area contributed by atoms with E-state index in [1.54, 1.807) is 18.4 Å². The third kappa shape index (κ3) is 4.04. The van der Waals surface area contributed by atoms with E-state index < -0.39 is 0 Å². The molecule has 7 heteroatoms. The van der Waals surface area contributed by atoms with Crippen LogP contribution >= 0.6 is 11.3 Å². The first kappa shape index (κ1) is 19.5. The van der Waals surface area contributed by atoms with Crippen LogP contribution in [0.15, 0.2) is 24.3 Å². The molecule has 3 rings (SSSR count). The zero-order chi connectivity index (χ0) is 19.6. The molecule has 144 valence electrons. The monoisotopic (exact) mass is 386 g/mol. The molecule has 0 bridgehead atoms. The number of hydrogen-bond acceptors (Lipinski definition) is 5. The van der Waals surface area contributed by atoms with E-state index >= 15 is 0 Å². The molecular formula is C20H26N4O2S. The topological polar surface area (TPSA) is 69.0 Å². The molecule has 0 unspecified atom stereocenters. The van der Waals surface area contributed by atoms with E-state index in [2.05, 4.69) is 28.7 Å². The van der Waals surface area contributed by atoms with Gasteiger partial charge in [0.25, 0.3) is 5.91 Å². The highest BCUT2D eigenvalue weighted by Gasteiger charge is 2.23. The number of carbonyl (C=O) groups excluding carboxylic acids is 1. The van der Waals surface area contributed by atoms with Crippen LogP contribution in [0.3, 0.4) is 0 Å². The summed E-state index contributed by atoms with van der Waals surface area (Å²) in [6.07, 6.45) is 0. The van der Waals surface area contributed by atoms with Crippen LogP contribution < -0.4 is 5.32 Å². The van der Waals surface area contributed by atoms with E-state index in [4.69, 9.17) is 9.72 Å². The Labute approximate surface area is 163 Å². The second kappa shape index (κ2) is 8.19. The van der Waals surface area contributed by atoms with Gasteiger partial charge in [-0.15, -0.1) is 11.3 Å². The molecule has 0 radical (unpaired) electrons. The number of nitrogens with one attached hydrogen (secondary N) is 1. The van der Waals surface area contributed by atoms with Gasteiger partial charge in [-0.2, -0.15) is 0 Å². The molecule has 6 nitrogen and oxygen atoms in total. The second-order valence-corrected chi connectivity index (χ2v) is 8.13. The Bertz CT molecular complexity index is 945. The summed E-state index contributed by atoms with van der Waals surface area (Å²) in [5.74, 6) is 0.930. The number of thiazole rings is 1. The van der Waals surface area contributed by atoms with Gasteiger partial charge < -0.3 is 14.6 Å². The van der Waals surface area contributed by atoms with Crippen molar-refractivity contribution in [3.8, 4) is 0 Å². The van der Waals surface area contributed by atoms with Crippen molar-refractivity contribution in [1.82, 2.24) is 19.9 Å². The van der Waals surface area contributed by atoms with Crippen LogP contribution in [0.4, 0.5) is 0 Å². The highest BCUT2D eigenvalue weighted by atomic mass is 32.1. The first-order chi connectivity index (χ1) is 12.9. The number of rotatable bonds is 7. The van der Waals surface area contributed by atoms with Crippen molar-refractivity contribution in [2.45, 2.75) is 46.2 Å². The molecule has 2 aromatic heterocycles. The molecule has 0 spiro atoms. The molecule has 2 heterocycles. The van der Waals surface area contributed by atoms with Gasteiger partial charge in [0.15, 0.2) is 0 Å². The van der Waals surface area contributed by atoms with E-state index in [1.165, 1.54) is 0 Å². The fraction of sp³-hybridized carbons (Fsp3) is 0.450. The number of para-hydroxylation sites is 2. The number of methoxy groups -OCH3 is 1. The normalized spacial score (nSPS) is 12.7. The number of aromatic nitrogens is 3. The van der Waals surface area contributed by atoms with Crippen LogP contribution in [-0.2, 0) is 11.3 Å². The fourth-order valence-electron chi connectivity index (χ4n) is 3.17. The Hall–Kier alpha value is -2.25. The fourth-order valence-corrected chi connectivity index (χ4v) is 4.09. The van der Waals surface area contributed by atoms with Crippen LogP contribution in [-0.4, -0.2) is 34.2 Å². The van der Waals surface area contributed by atoms with E-state index in [9.17, 15) is 4.79 Å². The van der Waals surface area contributed by atoms with Gasteiger partial charge in [0, 0.05) is 18.5 Å². The second-order valence-electron chi connectivity index (χ2n) is 6.90. The third-order valence-electron chi connectivity index (χ3n) is 4.44. The SMILES string of the molecule is COCCn1c([C@@H](C)NC(=O)c2nc(C)sc2C(C)C)nc2ccccc21. The molecular weight excluding hydrogens is 360 g/mol. The number of fused-ring (bicyclic) bond motifs is 1. The summed E-state index contributed by atoms with van der Waals surface area (Å²) in [5, 5.41) is 3.99. The van der Waals surface area contributed by atoms with Gasteiger partial charge in [0.2, 0.25) is 0 Å². The summed E-state index contributed by atoms with van der Waals surface area (Å²) in [6, 6.07) is 7.74. The Morgan fingerprint density at radius 3 is 2.70 bits per heavy atom. The molecule has 1 N–H and O–H groups in total. The van der Waals surface area contributed by atoms with E-state index in [0.717, 1.165) is 26.7 Å². The molecule has 0 fully saturated rings. The van der Waals surface area contributed by atoms with Gasteiger partial charge >= 0.3 is 0 Å². The molecule has 3 aromatic rings. The smallest absolute Gasteiger partial charge is 0.271 e. The van der Waals surface area contributed by atoms with Gasteiger partial charge in [-0.25, -0.2) is 9.97 Å². The third-order valence-corrected chi connectivity index (χ3v) is 5.71. The maximum Gasteiger partial charge on any atom is 0.271 e. The van der Waals surface area contributed by atoms with Crippen LogP contribution in [0.2, 0.25) is 0 Å². The molecule has 0 aliphatic heterocycles. The minimum atomic E-state index is -0.247. The summed E-state index contributed by atoms with van der Waals surface area (Å²) < 4.78 is 7.36. The van der Waals surface area contributed by atoms with E-state index in [1.807, 2.05) is 38.1 Å². The highest BCUT2D eigenvalue weighted by molar-refractivity contribution is 7.12. The molecule has 27 heavy (non-hydrogen) atoms. The predicted molar refractivity (Wildman–Crippen MR) is 108 cm³/mol. The number of aryl methyl sites for hydroxylation is 1. The number of carbonyl (C=O) groups is 1. The number of amides is 1. The average Bonchev–Trinajstić information content (AvgIpc) is 3.21. The summed E-state index contributed by atoms with van der Waals surface area (Å²) >= 11 is 1.58. The molecule has 0 saturated carbocycles. The summed E-state index contributed by atoms with van der Waals surface area (Å²) in [6.45, 7) is 9.31. The van der Waals surface area contributed by atoms with E-state index in [0.29, 0.717) is 18.8 Å². The molecule has 0 aliphatic carbocycles. The minimum Gasteiger partial charge on any atom is -0.383 e. The van der Waals surface area contributed by atoms with Crippen molar-refractivity contribution in [1.29, 1.82) is 0 Å². The molecule has 1 aromatic carbocycles. The summed E-state index contributed by atoms with van der Waals surface area (Å²) in [7, 11) is 1.68. The quantitative estimate of drug-likeness (QED) is 0.665. The lowest BCUT2D eigenvalue weighted by Gasteiger charge is -2.16. The Kier molecular flexibility index (Phi) is 5.92. The van der Waals surface area contributed by atoms with Crippen molar-refractivity contribution in [3.05, 3.63) is 45.7 Å². The minimum absolute atomic E-state index is 0.152. The van der Waals surface area contributed by atoms with Crippen molar-refractivity contribution >= 4 is 28.3 Å². The first-order valence-electron chi connectivity index (χ1n) is 9.14. The van der Waals surface area contributed by atoms with Crippen LogP contribution in [0.5, 0.6) is 0 Å². The summed E-state index contributed by atoms with van der Waals surface area (Å²) in [5.41, 5.74) is 2.48. The molecule has 0 aliphatic rings. The number of hydrogen-bond donors (Lipinski definition) is 1. The Balaban J connectivity index is 1.90. The van der Waals surface area contributed by atoms with Crippen LogP contribution in [0.1, 0.15) is 58.9 Å². The van der Waals surface area contributed by atoms with Gasteiger partial charge in [0.1, 0.15) is 11.5 Å². The van der Waals surface area contributed by atoms with Crippen LogP contribution in [0, 0.1) is 6.92 Å². The number of imidazole rings is 1. The Morgan fingerprint density at radius 2 is 2.00 bits per heavy atom. The average molecular weight is 387 g/mol. The van der Waals surface area contributed by atoms with Crippen LogP contribution in [0.25, 0.3) is 11.0 Å². The molecule has 1 atom stereocenters. The van der Waals surface area contributed by atoms with E-state index in [-0.39, 0.29) is 17.9 Å². The van der Waals surface area contributed by atoms with Crippen molar-refractivity contribution in [3.63, 3.8) is 0 Å². The lowest BCUT2D eigenvalue weighted by atomic mass is 10.1. The van der Waals surface area contributed by atoms with Crippen molar-refractivity contribution in [2.24, 2.45) is 0 Å². The lowest BCUT2D eigenvalue weighted by molar-refractivity contribution is 0.0931. The predicted octanol–water partition coefficient (Wildman–Crippen LogP) is 4.06. The number of ether oxygens (including phenoxy) is 1. The molecule has 0 saturated heterocycles. The highest BCUT2D eigenvalue weighted by Crippen LogP contribution is 2.27. The number of benzene rings is 1. The van der Waals surface area contributed by atoms with Gasteiger partial charge in [0.05, 0.1) is 28.7 Å². The maximum absolute atomic E-state index is 12.9. The van der Waals surface area contributed by atoms with Gasteiger partial charge in [-0.05, 0) is 31.9 Å². The van der Waals surface area contributed by atoms with Gasteiger partial charge in [-0.3, -0.25) is 4.79 Å². The van der Waals surface area contributed by atoms with Crippen molar-refractivity contribution in [2.75, 3.05) is 13.7 Å². The summed E-state index contributed by atoms with van der Waals surface area (Å²) in [4.78, 5) is 23.1. The first-order valence-corrected chi connectivity index (χ1v) is 9.96. The molecule has 1 amide bonds. The maximum atomic E-state index is 12.9. The largest absolute Gasteiger partial charge is 0.383 e. The lowest BCUT2D eigenvalue weighted by Crippen LogP contribution is -2.30. The zero-order valence-electron chi connectivity index (χ0n) is 16.4. The van der Waals surface area contributed by atoms with Crippen molar-refractivity contribution < 1.29 is 9.53 Å². The Morgan fingerprint density at radius 1 is 1.26 bits per heavy atom.